The fourth-order valence-corrected chi connectivity index (χ4v) is 3.71. The number of rotatable bonds is 2. The molecule has 2 saturated carbocycles. The molecule has 2 aliphatic rings. The molecule has 2 aliphatic carbocycles. The lowest BCUT2D eigenvalue weighted by molar-refractivity contribution is -0.172. The van der Waals surface area contributed by atoms with Gasteiger partial charge in [0, 0.05) is 11.8 Å². The van der Waals surface area contributed by atoms with Crippen molar-refractivity contribution in [1.29, 1.82) is 0 Å². The van der Waals surface area contributed by atoms with E-state index in [0.29, 0.717) is 0 Å². The normalized spacial score (nSPS) is 29.0. The SMILES string of the molecule is Cc1ccc(OC2CC(O)C23CCCCC3)cc1C. The van der Waals surface area contributed by atoms with E-state index in [9.17, 15) is 5.11 Å². The molecule has 1 N–H and O–H groups in total. The third kappa shape index (κ3) is 2.16. The van der Waals surface area contributed by atoms with Gasteiger partial charge in [-0.25, -0.2) is 0 Å². The van der Waals surface area contributed by atoms with Crippen LogP contribution in [0.5, 0.6) is 5.75 Å². The molecule has 2 atom stereocenters. The Labute approximate surface area is 115 Å². The molecule has 2 fully saturated rings. The Bertz CT molecular complexity index is 460. The maximum absolute atomic E-state index is 10.2. The number of aliphatic hydroxyl groups excluding tert-OH is 1. The second-order valence-corrected chi connectivity index (χ2v) is 6.40. The smallest absolute Gasteiger partial charge is 0.120 e. The van der Waals surface area contributed by atoms with Gasteiger partial charge in [-0.05, 0) is 49.9 Å². The first kappa shape index (κ1) is 13.0. The molecule has 0 heterocycles. The zero-order chi connectivity index (χ0) is 13.5. The Balaban J connectivity index is 1.74. The third-order valence-corrected chi connectivity index (χ3v) is 5.28. The number of benzene rings is 1. The standard InChI is InChI=1S/C17H24O2/c1-12-6-7-14(10-13(12)2)19-16-11-15(18)17(16)8-4-3-5-9-17/h6-7,10,15-16,18H,3-5,8-9,11H2,1-2H3. The van der Waals surface area contributed by atoms with Gasteiger partial charge in [0.2, 0.25) is 0 Å². The van der Waals surface area contributed by atoms with E-state index in [1.165, 1.54) is 30.4 Å². The van der Waals surface area contributed by atoms with Crippen LogP contribution >= 0.6 is 0 Å². The summed E-state index contributed by atoms with van der Waals surface area (Å²) in [7, 11) is 0. The minimum Gasteiger partial charge on any atom is -0.490 e. The summed E-state index contributed by atoms with van der Waals surface area (Å²) < 4.78 is 6.19. The molecule has 0 aromatic heterocycles. The zero-order valence-electron chi connectivity index (χ0n) is 12.0. The highest BCUT2D eigenvalue weighted by molar-refractivity contribution is 5.34. The molecule has 2 nitrogen and oxygen atoms in total. The van der Waals surface area contributed by atoms with Crippen LogP contribution in [-0.4, -0.2) is 17.3 Å². The van der Waals surface area contributed by atoms with Crippen molar-refractivity contribution in [2.24, 2.45) is 5.41 Å². The minimum absolute atomic E-state index is 0.0526. The van der Waals surface area contributed by atoms with Gasteiger partial charge < -0.3 is 9.84 Å². The number of aliphatic hydroxyl groups is 1. The maximum atomic E-state index is 10.2. The van der Waals surface area contributed by atoms with E-state index < -0.39 is 0 Å². The van der Waals surface area contributed by atoms with Crippen molar-refractivity contribution in [1.82, 2.24) is 0 Å². The van der Waals surface area contributed by atoms with Gasteiger partial charge in [-0.1, -0.05) is 25.3 Å². The van der Waals surface area contributed by atoms with Gasteiger partial charge >= 0.3 is 0 Å². The van der Waals surface area contributed by atoms with Gasteiger partial charge in [0.1, 0.15) is 11.9 Å². The quantitative estimate of drug-likeness (QED) is 0.877. The predicted octanol–water partition coefficient (Wildman–Crippen LogP) is 3.77. The van der Waals surface area contributed by atoms with E-state index >= 15 is 0 Å². The highest BCUT2D eigenvalue weighted by Gasteiger charge is 2.56. The molecule has 104 valence electrons. The van der Waals surface area contributed by atoms with Crippen LogP contribution in [0.1, 0.15) is 49.7 Å². The van der Waals surface area contributed by atoms with E-state index in [2.05, 4.69) is 32.0 Å². The predicted molar refractivity (Wildman–Crippen MR) is 76.5 cm³/mol. The molecule has 0 bridgehead atoms. The van der Waals surface area contributed by atoms with E-state index in [1.54, 1.807) is 0 Å². The average Bonchev–Trinajstić information content (AvgIpc) is 2.43. The zero-order valence-corrected chi connectivity index (χ0v) is 12.0. The summed E-state index contributed by atoms with van der Waals surface area (Å²) in [6, 6.07) is 6.30. The fraction of sp³-hybridized carbons (Fsp3) is 0.647. The van der Waals surface area contributed by atoms with E-state index in [-0.39, 0.29) is 17.6 Å². The van der Waals surface area contributed by atoms with Crippen LogP contribution < -0.4 is 4.74 Å². The first-order valence-corrected chi connectivity index (χ1v) is 7.54. The largest absolute Gasteiger partial charge is 0.490 e. The van der Waals surface area contributed by atoms with Crippen molar-refractivity contribution in [3.05, 3.63) is 29.3 Å². The Morgan fingerprint density at radius 1 is 1.11 bits per heavy atom. The molecule has 19 heavy (non-hydrogen) atoms. The van der Waals surface area contributed by atoms with Gasteiger partial charge in [0.05, 0.1) is 6.10 Å². The molecule has 0 aliphatic heterocycles. The van der Waals surface area contributed by atoms with Crippen molar-refractivity contribution < 1.29 is 9.84 Å². The van der Waals surface area contributed by atoms with Gasteiger partial charge in [0.15, 0.2) is 0 Å². The monoisotopic (exact) mass is 260 g/mol. The Hall–Kier alpha value is -1.02. The Morgan fingerprint density at radius 3 is 2.47 bits per heavy atom. The third-order valence-electron chi connectivity index (χ3n) is 5.28. The molecule has 2 heteroatoms. The second-order valence-electron chi connectivity index (χ2n) is 6.40. The van der Waals surface area contributed by atoms with Gasteiger partial charge in [0.25, 0.3) is 0 Å². The number of ether oxygens (including phenoxy) is 1. The van der Waals surface area contributed by atoms with Crippen molar-refractivity contribution in [3.63, 3.8) is 0 Å². The summed E-state index contributed by atoms with van der Waals surface area (Å²) in [5, 5.41) is 10.2. The van der Waals surface area contributed by atoms with Gasteiger partial charge in [-0.2, -0.15) is 0 Å². The first-order valence-electron chi connectivity index (χ1n) is 7.54. The number of hydrogen-bond donors (Lipinski definition) is 1. The molecule has 0 radical (unpaired) electrons. The van der Waals surface area contributed by atoms with Crippen LogP contribution in [0.15, 0.2) is 18.2 Å². The van der Waals surface area contributed by atoms with Gasteiger partial charge in [-0.3, -0.25) is 0 Å². The van der Waals surface area contributed by atoms with E-state index in [0.717, 1.165) is 25.0 Å². The summed E-state index contributed by atoms with van der Waals surface area (Å²) in [4.78, 5) is 0. The van der Waals surface area contributed by atoms with E-state index in [4.69, 9.17) is 4.74 Å². The van der Waals surface area contributed by atoms with Crippen LogP contribution in [0.25, 0.3) is 0 Å². The summed E-state index contributed by atoms with van der Waals surface area (Å²) in [6.45, 7) is 4.24. The molecular weight excluding hydrogens is 236 g/mol. The maximum Gasteiger partial charge on any atom is 0.120 e. The second kappa shape index (κ2) is 4.82. The molecule has 1 aromatic rings. The van der Waals surface area contributed by atoms with E-state index in [1.807, 2.05) is 0 Å². The lowest BCUT2D eigenvalue weighted by Gasteiger charge is -2.55. The van der Waals surface area contributed by atoms with Crippen molar-refractivity contribution in [2.45, 2.75) is 64.6 Å². The summed E-state index contributed by atoms with van der Waals surface area (Å²) >= 11 is 0. The van der Waals surface area contributed by atoms with Crippen LogP contribution in [0.2, 0.25) is 0 Å². The fourth-order valence-electron chi connectivity index (χ4n) is 3.71. The van der Waals surface area contributed by atoms with Crippen molar-refractivity contribution in [2.75, 3.05) is 0 Å². The molecule has 0 saturated heterocycles. The van der Waals surface area contributed by atoms with Crippen LogP contribution in [0, 0.1) is 19.3 Å². The average molecular weight is 260 g/mol. The van der Waals surface area contributed by atoms with Crippen LogP contribution in [-0.2, 0) is 0 Å². The summed E-state index contributed by atoms with van der Waals surface area (Å²) in [6.07, 6.45) is 6.91. The summed E-state index contributed by atoms with van der Waals surface area (Å²) in [5.74, 6) is 0.963. The highest BCUT2D eigenvalue weighted by atomic mass is 16.5. The lowest BCUT2D eigenvalue weighted by Crippen LogP contribution is -2.60. The highest BCUT2D eigenvalue weighted by Crippen LogP contribution is 2.53. The number of hydrogen-bond acceptors (Lipinski definition) is 2. The van der Waals surface area contributed by atoms with Crippen molar-refractivity contribution in [3.8, 4) is 5.75 Å². The van der Waals surface area contributed by atoms with Crippen molar-refractivity contribution >= 4 is 0 Å². The lowest BCUT2D eigenvalue weighted by atomic mass is 9.56. The van der Waals surface area contributed by atoms with Crippen LogP contribution in [0.3, 0.4) is 0 Å². The molecule has 2 unspecified atom stereocenters. The first-order chi connectivity index (χ1) is 9.12. The topological polar surface area (TPSA) is 29.5 Å². The van der Waals surface area contributed by atoms with Gasteiger partial charge in [-0.15, -0.1) is 0 Å². The Morgan fingerprint density at radius 2 is 1.84 bits per heavy atom. The Kier molecular flexibility index (Phi) is 3.30. The molecule has 0 amide bonds. The number of aryl methyl sites for hydroxylation is 2. The molecular formula is C17H24O2. The summed E-state index contributed by atoms with van der Waals surface area (Å²) in [5.41, 5.74) is 2.63. The molecule has 1 spiro atoms. The molecule has 1 aromatic carbocycles. The molecule has 3 rings (SSSR count). The minimum atomic E-state index is -0.149. The van der Waals surface area contributed by atoms with Crippen LogP contribution in [0.4, 0.5) is 0 Å².